The minimum absolute atomic E-state index is 0.0101. The average molecular weight is 335 g/mol. The minimum atomic E-state index is -3.95. The molecule has 0 unspecified atom stereocenters. The first-order valence-electron chi connectivity index (χ1n) is 7.18. The lowest BCUT2D eigenvalue weighted by Crippen LogP contribution is -2.31. The summed E-state index contributed by atoms with van der Waals surface area (Å²) in [6, 6.07) is 4.41. The van der Waals surface area contributed by atoms with Crippen molar-refractivity contribution in [3.63, 3.8) is 0 Å². The fourth-order valence-corrected chi connectivity index (χ4v) is 3.66. The third-order valence-corrected chi connectivity index (χ3v) is 5.12. The maximum atomic E-state index is 12.3. The predicted octanol–water partition coefficient (Wildman–Crippen LogP) is 1.27. The van der Waals surface area contributed by atoms with Crippen LogP contribution >= 0.6 is 0 Å². The molecule has 3 rings (SSSR count). The number of imidazole rings is 1. The highest BCUT2D eigenvalue weighted by Crippen LogP contribution is 2.21. The second-order valence-electron chi connectivity index (χ2n) is 5.41. The van der Waals surface area contributed by atoms with Gasteiger partial charge in [-0.15, -0.1) is 0 Å². The highest BCUT2D eigenvalue weighted by atomic mass is 32.2. The van der Waals surface area contributed by atoms with Gasteiger partial charge in [-0.05, 0) is 37.1 Å². The number of aryl methyl sites for hydroxylation is 3. The van der Waals surface area contributed by atoms with Crippen molar-refractivity contribution in [2.75, 3.05) is 7.11 Å². The van der Waals surface area contributed by atoms with Gasteiger partial charge in [0.05, 0.1) is 12.0 Å². The molecule has 0 aliphatic carbocycles. The number of benzene rings is 1. The Balaban J connectivity index is 1.82. The Bertz CT molecular complexity index is 849. The van der Waals surface area contributed by atoms with E-state index >= 15 is 0 Å². The Labute approximate surface area is 134 Å². The van der Waals surface area contributed by atoms with Crippen LogP contribution in [0.15, 0.2) is 29.3 Å². The first-order valence-corrected chi connectivity index (χ1v) is 8.67. The minimum Gasteiger partial charge on any atom is -0.496 e. The third-order valence-electron chi connectivity index (χ3n) is 3.79. The summed E-state index contributed by atoms with van der Waals surface area (Å²) in [5.41, 5.74) is 0.789. The molecular weight excluding hydrogens is 318 g/mol. The molecule has 0 spiro atoms. The molecule has 0 fully saturated rings. The lowest BCUT2D eigenvalue weighted by molar-refractivity contribution is 0.0976. The summed E-state index contributed by atoms with van der Waals surface area (Å²) in [6.45, 7) is 2.54. The Morgan fingerprint density at radius 1 is 1.39 bits per heavy atom. The summed E-state index contributed by atoms with van der Waals surface area (Å²) in [5.74, 6) is 0.675. The highest BCUT2D eigenvalue weighted by molar-refractivity contribution is 7.90. The van der Waals surface area contributed by atoms with Gasteiger partial charge in [0.1, 0.15) is 17.3 Å². The Hall–Kier alpha value is -2.35. The predicted molar refractivity (Wildman–Crippen MR) is 82.9 cm³/mol. The van der Waals surface area contributed by atoms with Crippen molar-refractivity contribution >= 4 is 15.9 Å². The van der Waals surface area contributed by atoms with E-state index in [9.17, 15) is 13.2 Å². The number of nitrogens with zero attached hydrogens (tertiary/aromatic N) is 2. The van der Waals surface area contributed by atoms with Crippen LogP contribution in [0.25, 0.3) is 0 Å². The zero-order valence-electron chi connectivity index (χ0n) is 12.9. The van der Waals surface area contributed by atoms with Crippen LogP contribution in [0.5, 0.6) is 5.75 Å². The largest absolute Gasteiger partial charge is 0.496 e. The number of carbonyl (C=O) groups is 1. The summed E-state index contributed by atoms with van der Waals surface area (Å²) in [6.07, 6.45) is 3.39. The van der Waals surface area contributed by atoms with Crippen LogP contribution in [0.4, 0.5) is 0 Å². The fourth-order valence-electron chi connectivity index (χ4n) is 2.62. The van der Waals surface area contributed by atoms with Gasteiger partial charge in [-0.1, -0.05) is 0 Å². The van der Waals surface area contributed by atoms with Gasteiger partial charge in [0.2, 0.25) is 0 Å². The molecule has 0 saturated heterocycles. The topological polar surface area (TPSA) is 90.3 Å². The number of sulfonamides is 1. The Kier molecular flexibility index (Phi) is 3.85. The lowest BCUT2D eigenvalue weighted by Gasteiger charge is -2.09. The molecule has 0 saturated carbocycles. The van der Waals surface area contributed by atoms with Crippen LogP contribution in [0.1, 0.15) is 28.3 Å². The molecule has 0 bridgehead atoms. The van der Waals surface area contributed by atoms with E-state index in [1.807, 2.05) is 4.57 Å². The first kappa shape index (κ1) is 15.5. The zero-order valence-corrected chi connectivity index (χ0v) is 13.7. The van der Waals surface area contributed by atoms with Crippen molar-refractivity contribution in [3.05, 3.63) is 41.5 Å². The number of amides is 1. The molecule has 1 N–H and O–H groups in total. The molecule has 1 aliphatic heterocycles. The number of aromatic nitrogens is 2. The van der Waals surface area contributed by atoms with Crippen LogP contribution in [0.3, 0.4) is 0 Å². The molecule has 1 aromatic heterocycles. The maximum absolute atomic E-state index is 12.3. The van der Waals surface area contributed by atoms with Crippen LogP contribution < -0.4 is 9.46 Å². The molecule has 0 atom stereocenters. The zero-order chi connectivity index (χ0) is 16.6. The van der Waals surface area contributed by atoms with E-state index < -0.39 is 15.9 Å². The van der Waals surface area contributed by atoms with Crippen LogP contribution in [0, 0.1) is 6.92 Å². The Morgan fingerprint density at radius 3 is 2.83 bits per heavy atom. The molecule has 0 radical (unpaired) electrons. The molecule has 1 amide bonds. The number of rotatable bonds is 4. The van der Waals surface area contributed by atoms with Crippen LogP contribution in [-0.2, 0) is 23.0 Å². The van der Waals surface area contributed by atoms with Crippen molar-refractivity contribution in [1.29, 1.82) is 0 Å². The van der Waals surface area contributed by atoms with E-state index in [2.05, 4.69) is 9.71 Å². The number of hydrogen-bond acceptors (Lipinski definition) is 5. The molecule has 23 heavy (non-hydrogen) atoms. The van der Waals surface area contributed by atoms with Crippen molar-refractivity contribution in [3.8, 4) is 5.75 Å². The van der Waals surface area contributed by atoms with Crippen molar-refractivity contribution in [2.24, 2.45) is 0 Å². The molecular formula is C15H17N3O4S. The van der Waals surface area contributed by atoms with Gasteiger partial charge in [-0.2, -0.15) is 0 Å². The molecule has 8 heteroatoms. The van der Waals surface area contributed by atoms with Gasteiger partial charge < -0.3 is 9.30 Å². The molecule has 7 nitrogen and oxygen atoms in total. The number of carbonyl (C=O) groups excluding carboxylic acids is 1. The molecule has 122 valence electrons. The van der Waals surface area contributed by atoms with Gasteiger partial charge in [0.25, 0.3) is 15.9 Å². The standard InChI is InChI=1S/C15H17N3O4S/c1-10-8-11(5-6-13(10)22-2)23(20,21)17-15(19)12-9-18-7-3-4-14(18)16-12/h5-6,8-9H,3-4,7H2,1-2H3,(H,17,19). The van der Waals surface area contributed by atoms with E-state index in [0.717, 1.165) is 25.2 Å². The van der Waals surface area contributed by atoms with E-state index in [4.69, 9.17) is 4.74 Å². The average Bonchev–Trinajstić information content (AvgIpc) is 3.07. The second-order valence-corrected chi connectivity index (χ2v) is 7.09. The van der Waals surface area contributed by atoms with Gasteiger partial charge >= 0.3 is 0 Å². The first-order chi connectivity index (χ1) is 10.9. The summed E-state index contributed by atoms with van der Waals surface area (Å²) >= 11 is 0. The molecule has 2 aromatic rings. The molecule has 1 aliphatic rings. The summed E-state index contributed by atoms with van der Waals surface area (Å²) in [7, 11) is -2.44. The summed E-state index contributed by atoms with van der Waals surface area (Å²) in [5, 5.41) is 0. The third kappa shape index (κ3) is 2.94. The van der Waals surface area contributed by atoms with Crippen molar-refractivity contribution in [1.82, 2.24) is 14.3 Å². The quantitative estimate of drug-likeness (QED) is 0.908. The van der Waals surface area contributed by atoms with Crippen molar-refractivity contribution < 1.29 is 17.9 Å². The van der Waals surface area contributed by atoms with Gasteiger partial charge in [0.15, 0.2) is 0 Å². The van der Waals surface area contributed by atoms with Gasteiger partial charge in [-0.3, -0.25) is 4.79 Å². The highest BCUT2D eigenvalue weighted by Gasteiger charge is 2.23. The second kappa shape index (κ2) is 5.69. The maximum Gasteiger partial charge on any atom is 0.285 e. The van der Waals surface area contributed by atoms with Gasteiger partial charge in [-0.25, -0.2) is 18.1 Å². The number of fused-ring (bicyclic) bond motifs is 1. The number of methoxy groups -OCH3 is 1. The number of nitrogens with one attached hydrogen (secondary N) is 1. The smallest absolute Gasteiger partial charge is 0.285 e. The van der Waals surface area contributed by atoms with Gasteiger partial charge in [0, 0.05) is 19.2 Å². The van der Waals surface area contributed by atoms with Crippen molar-refractivity contribution in [2.45, 2.75) is 31.2 Å². The van der Waals surface area contributed by atoms with Crippen LogP contribution in [0.2, 0.25) is 0 Å². The summed E-state index contributed by atoms with van der Waals surface area (Å²) < 4.78 is 33.7. The summed E-state index contributed by atoms with van der Waals surface area (Å²) in [4.78, 5) is 16.3. The van der Waals surface area contributed by atoms with E-state index in [-0.39, 0.29) is 10.6 Å². The fraction of sp³-hybridized carbons (Fsp3) is 0.333. The number of hydrogen-bond donors (Lipinski definition) is 1. The lowest BCUT2D eigenvalue weighted by atomic mass is 10.2. The monoisotopic (exact) mass is 335 g/mol. The molecule has 2 heterocycles. The van der Waals surface area contributed by atoms with E-state index in [1.54, 1.807) is 19.2 Å². The van der Waals surface area contributed by atoms with Crippen LogP contribution in [-0.4, -0.2) is 31.0 Å². The number of ether oxygens (including phenoxy) is 1. The normalized spacial score (nSPS) is 13.7. The Morgan fingerprint density at radius 2 is 2.17 bits per heavy atom. The molecule has 1 aromatic carbocycles. The van der Waals surface area contributed by atoms with E-state index in [0.29, 0.717) is 11.3 Å². The SMILES string of the molecule is COc1ccc(S(=O)(=O)NC(=O)c2cn3c(n2)CCC3)cc1C. The van der Waals surface area contributed by atoms with E-state index in [1.165, 1.54) is 19.2 Å².